The molecule has 0 N–H and O–H groups in total. The maximum atomic E-state index is 13.9. The summed E-state index contributed by atoms with van der Waals surface area (Å²) in [5.74, 6) is 0.0164. The van der Waals surface area contributed by atoms with Gasteiger partial charge in [-0.3, -0.25) is 9.69 Å². The number of anilines is 1. The Labute approximate surface area is 201 Å². The second kappa shape index (κ2) is 9.18. The minimum Gasteiger partial charge on any atom is -0.303 e. The van der Waals surface area contributed by atoms with Gasteiger partial charge in [0.2, 0.25) is 11.2 Å². The van der Waals surface area contributed by atoms with Gasteiger partial charge in [0.25, 0.3) is 0 Å². The summed E-state index contributed by atoms with van der Waals surface area (Å²) in [6.45, 7) is 1.81. The molecule has 1 aliphatic heterocycles. The molecular weight excluding hydrogens is 469 g/mol. The number of aromatic nitrogens is 2. The highest BCUT2D eigenvalue weighted by Crippen LogP contribution is 2.52. The lowest BCUT2D eigenvalue weighted by Gasteiger charge is -2.48. The van der Waals surface area contributed by atoms with E-state index in [1.54, 1.807) is 23.1 Å². The van der Waals surface area contributed by atoms with Gasteiger partial charge in [0.15, 0.2) is 0 Å². The van der Waals surface area contributed by atoms with Gasteiger partial charge in [0.1, 0.15) is 12.1 Å². The number of carbonyl (C=O) groups is 2. The van der Waals surface area contributed by atoms with E-state index >= 15 is 0 Å². The zero-order valence-corrected chi connectivity index (χ0v) is 19.5. The molecule has 2 unspecified atom stereocenters. The topological polar surface area (TPSA) is 63.2 Å². The highest BCUT2D eigenvalue weighted by molar-refractivity contribution is 6.31. The van der Waals surface area contributed by atoms with Crippen LogP contribution in [0.5, 0.6) is 0 Å². The number of benzene rings is 2. The van der Waals surface area contributed by atoms with Crippen LogP contribution in [0.2, 0.25) is 15.3 Å². The average molecular weight is 489 g/mol. The van der Waals surface area contributed by atoms with Crippen LogP contribution in [0, 0.1) is 5.41 Å². The molecule has 0 aliphatic carbocycles. The Bertz CT molecular complexity index is 1160. The lowest BCUT2D eigenvalue weighted by molar-refractivity contribution is -0.133. The van der Waals surface area contributed by atoms with Crippen LogP contribution in [-0.4, -0.2) is 22.2 Å². The van der Waals surface area contributed by atoms with Gasteiger partial charge in [-0.05, 0) is 59.5 Å². The molecule has 2 heterocycles. The first-order valence-electron chi connectivity index (χ1n) is 10.1. The van der Waals surface area contributed by atoms with Gasteiger partial charge in [-0.25, -0.2) is 9.97 Å². The smallest absolute Gasteiger partial charge is 0.235 e. The number of carbonyl (C=O) groups excluding carboxylic acids is 2. The number of piperidine rings is 1. The van der Waals surface area contributed by atoms with Crippen molar-refractivity contribution in [2.24, 2.45) is 5.41 Å². The predicted molar refractivity (Wildman–Crippen MR) is 126 cm³/mol. The van der Waals surface area contributed by atoms with E-state index in [2.05, 4.69) is 9.97 Å². The maximum absolute atomic E-state index is 13.9. The molecule has 1 saturated heterocycles. The quantitative estimate of drug-likeness (QED) is 0.312. The van der Waals surface area contributed by atoms with E-state index in [9.17, 15) is 9.59 Å². The second-order valence-corrected chi connectivity index (χ2v) is 9.36. The number of rotatable bonds is 5. The van der Waals surface area contributed by atoms with Crippen LogP contribution in [0.15, 0.2) is 60.8 Å². The largest absolute Gasteiger partial charge is 0.303 e. The number of aldehydes is 1. The zero-order valence-electron chi connectivity index (χ0n) is 17.2. The molecular formula is C24H20Cl3N3O2. The molecule has 1 aliphatic rings. The zero-order chi connectivity index (χ0) is 22.9. The molecule has 3 aromatic rings. The summed E-state index contributed by atoms with van der Waals surface area (Å²) in [5.41, 5.74) is 0.928. The summed E-state index contributed by atoms with van der Waals surface area (Å²) in [7, 11) is 0. The van der Waals surface area contributed by atoms with Crippen LogP contribution in [0.1, 0.15) is 42.9 Å². The molecule has 32 heavy (non-hydrogen) atoms. The van der Waals surface area contributed by atoms with Crippen LogP contribution in [-0.2, 0) is 9.59 Å². The van der Waals surface area contributed by atoms with Gasteiger partial charge < -0.3 is 4.79 Å². The number of hydrogen-bond acceptors (Lipinski definition) is 4. The summed E-state index contributed by atoms with van der Waals surface area (Å²) in [6, 6.07) is 16.2. The Hall–Kier alpha value is -2.47. The molecule has 164 valence electrons. The third-order valence-electron chi connectivity index (χ3n) is 5.95. The Morgan fingerprint density at radius 1 is 1.06 bits per heavy atom. The molecule has 4 rings (SSSR count). The summed E-state index contributed by atoms with van der Waals surface area (Å²) in [5, 5.41) is 1.23. The summed E-state index contributed by atoms with van der Waals surface area (Å²) in [4.78, 5) is 35.3. The predicted octanol–water partition coefficient (Wildman–Crippen LogP) is 6.29. The summed E-state index contributed by atoms with van der Waals surface area (Å²) in [6.07, 6.45) is 2.86. The highest BCUT2D eigenvalue weighted by Gasteiger charge is 2.50. The van der Waals surface area contributed by atoms with Crippen LogP contribution in [0.25, 0.3) is 0 Å². The minimum absolute atomic E-state index is 0.0344. The second-order valence-electron chi connectivity index (χ2n) is 8.15. The summed E-state index contributed by atoms with van der Waals surface area (Å²) < 4.78 is 0. The standard InChI is InChI=1S/C24H20Cl3N3O2/c1-24(10-12-31)14-19(16-3-2-4-18(26)13-16)21(15-5-7-17(25)8-6-15)30(22(24)32)20-9-11-28-23(27)29-20/h2-9,11-13,19,21H,10,14H2,1H3/t19?,21?,24-/m0/s1. The third kappa shape index (κ3) is 4.38. The Morgan fingerprint density at radius 3 is 2.47 bits per heavy atom. The molecule has 0 spiro atoms. The molecule has 0 bridgehead atoms. The number of amides is 1. The third-order valence-corrected chi connectivity index (χ3v) is 6.61. The van der Waals surface area contributed by atoms with E-state index in [1.807, 2.05) is 43.3 Å². The van der Waals surface area contributed by atoms with E-state index in [4.69, 9.17) is 34.8 Å². The van der Waals surface area contributed by atoms with E-state index in [1.165, 1.54) is 6.20 Å². The van der Waals surface area contributed by atoms with Crippen molar-refractivity contribution in [3.63, 3.8) is 0 Å². The van der Waals surface area contributed by atoms with Gasteiger partial charge >= 0.3 is 0 Å². The maximum Gasteiger partial charge on any atom is 0.235 e. The molecule has 1 fully saturated rings. The van der Waals surface area contributed by atoms with E-state index in [-0.39, 0.29) is 23.5 Å². The molecule has 0 radical (unpaired) electrons. The Morgan fingerprint density at radius 2 is 1.81 bits per heavy atom. The van der Waals surface area contributed by atoms with Crippen molar-refractivity contribution in [1.82, 2.24) is 9.97 Å². The molecule has 3 atom stereocenters. The van der Waals surface area contributed by atoms with E-state index in [0.29, 0.717) is 22.3 Å². The van der Waals surface area contributed by atoms with Crippen LogP contribution >= 0.6 is 34.8 Å². The lowest BCUT2D eigenvalue weighted by atomic mass is 9.67. The molecule has 5 nitrogen and oxygen atoms in total. The van der Waals surface area contributed by atoms with Gasteiger partial charge in [-0.15, -0.1) is 0 Å². The van der Waals surface area contributed by atoms with Crippen LogP contribution < -0.4 is 4.90 Å². The van der Waals surface area contributed by atoms with Crippen molar-refractivity contribution in [2.75, 3.05) is 4.90 Å². The Balaban J connectivity index is 1.95. The fourth-order valence-electron chi connectivity index (χ4n) is 4.42. The average Bonchev–Trinajstić information content (AvgIpc) is 2.76. The van der Waals surface area contributed by atoms with Crippen molar-refractivity contribution >= 4 is 52.8 Å². The van der Waals surface area contributed by atoms with Gasteiger partial charge in [-0.1, -0.05) is 54.4 Å². The fraction of sp³-hybridized carbons (Fsp3) is 0.250. The first-order valence-corrected chi connectivity index (χ1v) is 11.2. The van der Waals surface area contributed by atoms with Crippen LogP contribution in [0.3, 0.4) is 0 Å². The molecule has 2 aromatic carbocycles. The fourth-order valence-corrected chi connectivity index (χ4v) is 4.89. The van der Waals surface area contributed by atoms with E-state index in [0.717, 1.165) is 17.4 Å². The number of halogens is 3. The molecule has 8 heteroatoms. The van der Waals surface area contributed by atoms with Crippen LogP contribution in [0.4, 0.5) is 5.82 Å². The normalized spacial score (nSPS) is 23.2. The van der Waals surface area contributed by atoms with Gasteiger partial charge in [-0.2, -0.15) is 0 Å². The van der Waals surface area contributed by atoms with Gasteiger partial charge in [0, 0.05) is 28.6 Å². The SMILES string of the molecule is C[C@]1(CC=O)CC(c2cccc(Cl)c2)C(c2ccc(Cl)cc2)N(c2ccnc(Cl)n2)C1=O. The minimum atomic E-state index is -0.922. The number of nitrogens with zero attached hydrogens (tertiary/aromatic N) is 3. The first kappa shape index (κ1) is 22.7. The molecule has 1 aromatic heterocycles. The van der Waals surface area contributed by atoms with Crippen molar-refractivity contribution in [1.29, 1.82) is 0 Å². The van der Waals surface area contributed by atoms with Crippen molar-refractivity contribution in [3.8, 4) is 0 Å². The van der Waals surface area contributed by atoms with Crippen molar-refractivity contribution < 1.29 is 9.59 Å². The Kier molecular flexibility index (Phi) is 6.52. The van der Waals surface area contributed by atoms with Crippen molar-refractivity contribution in [2.45, 2.75) is 31.7 Å². The number of hydrogen-bond donors (Lipinski definition) is 0. The molecule has 0 saturated carbocycles. The van der Waals surface area contributed by atoms with Gasteiger partial charge in [0.05, 0.1) is 11.5 Å². The molecule has 1 amide bonds. The van der Waals surface area contributed by atoms with Crippen molar-refractivity contribution in [3.05, 3.63) is 87.2 Å². The summed E-state index contributed by atoms with van der Waals surface area (Å²) >= 11 is 18.5. The monoisotopic (exact) mass is 487 g/mol. The van der Waals surface area contributed by atoms with E-state index < -0.39 is 11.5 Å². The first-order chi connectivity index (χ1) is 15.3. The lowest BCUT2D eigenvalue weighted by Crippen LogP contribution is -2.52. The highest BCUT2D eigenvalue weighted by atomic mass is 35.5.